The number of aromatic nitrogens is 2. The van der Waals surface area contributed by atoms with E-state index in [0.29, 0.717) is 6.04 Å². The first-order valence-electron chi connectivity index (χ1n) is 8.96. The Bertz CT molecular complexity index is 720. The van der Waals surface area contributed by atoms with Gasteiger partial charge in [0, 0.05) is 36.8 Å². The number of ether oxygens (including phenoxy) is 1. The summed E-state index contributed by atoms with van der Waals surface area (Å²) in [6, 6.07) is 10.7. The van der Waals surface area contributed by atoms with E-state index in [1.807, 2.05) is 12.1 Å². The standard InChI is InChI=1S/C19H23ClN4O/c20-17-6-2-1-4-15(17)12-16-5-3-7-24(16)19-13-18(21-14-22-19)23-8-10-25-11-9-23/h1-2,4,6,13-14,16H,3,5,7-12H2. The lowest BCUT2D eigenvalue weighted by atomic mass is 10.0. The van der Waals surface area contributed by atoms with E-state index in [1.165, 1.54) is 18.4 Å². The number of nitrogens with zero attached hydrogens (tertiary/aromatic N) is 4. The summed E-state index contributed by atoms with van der Waals surface area (Å²) in [7, 11) is 0. The summed E-state index contributed by atoms with van der Waals surface area (Å²) in [5, 5.41) is 0.853. The molecule has 2 saturated heterocycles. The van der Waals surface area contributed by atoms with Crippen molar-refractivity contribution in [2.45, 2.75) is 25.3 Å². The molecule has 2 aliphatic heterocycles. The van der Waals surface area contributed by atoms with Gasteiger partial charge in [0.05, 0.1) is 13.2 Å². The number of anilines is 2. The van der Waals surface area contributed by atoms with Crippen molar-refractivity contribution < 1.29 is 4.74 Å². The Labute approximate surface area is 153 Å². The largest absolute Gasteiger partial charge is 0.378 e. The van der Waals surface area contributed by atoms with Crippen LogP contribution in [0.2, 0.25) is 5.02 Å². The second kappa shape index (κ2) is 7.58. The molecule has 1 atom stereocenters. The highest BCUT2D eigenvalue weighted by atomic mass is 35.5. The van der Waals surface area contributed by atoms with Crippen LogP contribution in [0.25, 0.3) is 0 Å². The summed E-state index contributed by atoms with van der Waals surface area (Å²) in [4.78, 5) is 13.7. The van der Waals surface area contributed by atoms with E-state index in [0.717, 1.165) is 55.9 Å². The fourth-order valence-corrected chi connectivity index (χ4v) is 3.94. The van der Waals surface area contributed by atoms with Gasteiger partial charge in [-0.2, -0.15) is 0 Å². The lowest BCUT2D eigenvalue weighted by Gasteiger charge is -2.30. The van der Waals surface area contributed by atoms with Gasteiger partial charge in [-0.05, 0) is 30.9 Å². The Hall–Kier alpha value is -1.85. The van der Waals surface area contributed by atoms with Crippen LogP contribution < -0.4 is 9.80 Å². The summed E-state index contributed by atoms with van der Waals surface area (Å²) < 4.78 is 5.44. The van der Waals surface area contributed by atoms with Crippen molar-refractivity contribution in [3.63, 3.8) is 0 Å². The van der Waals surface area contributed by atoms with Crippen LogP contribution in [0.3, 0.4) is 0 Å². The second-order valence-corrected chi connectivity index (χ2v) is 7.03. The van der Waals surface area contributed by atoms with E-state index in [9.17, 15) is 0 Å². The molecule has 6 heteroatoms. The molecule has 0 saturated carbocycles. The molecule has 2 aromatic rings. The predicted molar refractivity (Wildman–Crippen MR) is 101 cm³/mol. The number of hydrogen-bond donors (Lipinski definition) is 0. The monoisotopic (exact) mass is 358 g/mol. The third-order valence-electron chi connectivity index (χ3n) is 5.06. The molecule has 0 N–H and O–H groups in total. The molecule has 2 aliphatic rings. The van der Waals surface area contributed by atoms with Gasteiger partial charge in [-0.1, -0.05) is 29.8 Å². The average Bonchev–Trinajstić information content (AvgIpc) is 3.13. The Morgan fingerprint density at radius 1 is 1.08 bits per heavy atom. The van der Waals surface area contributed by atoms with Crippen LogP contribution in [0.5, 0.6) is 0 Å². The summed E-state index contributed by atoms with van der Waals surface area (Å²) in [6.07, 6.45) is 5.00. The van der Waals surface area contributed by atoms with Crippen molar-refractivity contribution in [2.24, 2.45) is 0 Å². The van der Waals surface area contributed by atoms with E-state index in [1.54, 1.807) is 6.33 Å². The minimum Gasteiger partial charge on any atom is -0.378 e. The Kier molecular flexibility index (Phi) is 5.04. The maximum absolute atomic E-state index is 6.36. The quantitative estimate of drug-likeness (QED) is 0.839. The summed E-state index contributed by atoms with van der Waals surface area (Å²) >= 11 is 6.36. The van der Waals surface area contributed by atoms with E-state index in [2.05, 4.69) is 38.0 Å². The zero-order chi connectivity index (χ0) is 17.1. The molecule has 0 amide bonds. The van der Waals surface area contributed by atoms with Crippen molar-refractivity contribution >= 4 is 23.2 Å². The summed E-state index contributed by atoms with van der Waals surface area (Å²) in [6.45, 7) is 4.34. The molecule has 5 nitrogen and oxygen atoms in total. The topological polar surface area (TPSA) is 41.5 Å². The van der Waals surface area contributed by atoms with E-state index >= 15 is 0 Å². The van der Waals surface area contributed by atoms with Gasteiger partial charge in [-0.25, -0.2) is 9.97 Å². The third-order valence-corrected chi connectivity index (χ3v) is 5.43. The van der Waals surface area contributed by atoms with Crippen molar-refractivity contribution in [1.29, 1.82) is 0 Å². The molecule has 0 bridgehead atoms. The minimum atomic E-state index is 0.437. The van der Waals surface area contributed by atoms with Crippen LogP contribution >= 0.6 is 11.6 Å². The SMILES string of the molecule is Clc1ccccc1CC1CCCN1c1cc(N2CCOCC2)ncn1. The summed E-state index contributed by atoms with van der Waals surface area (Å²) in [5.41, 5.74) is 1.21. The normalized spacial score (nSPS) is 20.9. The number of rotatable bonds is 4. The Morgan fingerprint density at radius 3 is 2.72 bits per heavy atom. The molecule has 3 heterocycles. The molecular weight excluding hydrogens is 336 g/mol. The van der Waals surface area contributed by atoms with Crippen LogP contribution in [0.1, 0.15) is 18.4 Å². The van der Waals surface area contributed by atoms with Crippen molar-refractivity contribution in [2.75, 3.05) is 42.6 Å². The van der Waals surface area contributed by atoms with E-state index in [-0.39, 0.29) is 0 Å². The maximum atomic E-state index is 6.36. The van der Waals surface area contributed by atoms with Gasteiger partial charge in [0.15, 0.2) is 0 Å². The van der Waals surface area contributed by atoms with Gasteiger partial charge in [-0.3, -0.25) is 0 Å². The number of benzene rings is 1. The summed E-state index contributed by atoms with van der Waals surface area (Å²) in [5.74, 6) is 2.02. The van der Waals surface area contributed by atoms with Crippen LogP contribution in [-0.4, -0.2) is 48.9 Å². The Balaban J connectivity index is 1.53. The van der Waals surface area contributed by atoms with E-state index in [4.69, 9.17) is 16.3 Å². The smallest absolute Gasteiger partial charge is 0.134 e. The highest BCUT2D eigenvalue weighted by molar-refractivity contribution is 6.31. The predicted octanol–water partition coefficient (Wildman–Crippen LogP) is 3.18. The van der Waals surface area contributed by atoms with Gasteiger partial charge in [0.1, 0.15) is 18.0 Å². The highest BCUT2D eigenvalue weighted by Crippen LogP contribution is 2.29. The minimum absolute atomic E-state index is 0.437. The zero-order valence-electron chi connectivity index (χ0n) is 14.3. The first-order chi connectivity index (χ1) is 12.3. The molecule has 4 rings (SSSR count). The van der Waals surface area contributed by atoms with Gasteiger partial charge in [0.2, 0.25) is 0 Å². The molecule has 0 radical (unpaired) electrons. The van der Waals surface area contributed by atoms with Gasteiger partial charge in [0.25, 0.3) is 0 Å². The molecule has 0 aliphatic carbocycles. The average molecular weight is 359 g/mol. The van der Waals surface area contributed by atoms with Crippen LogP contribution in [0, 0.1) is 0 Å². The molecule has 25 heavy (non-hydrogen) atoms. The molecule has 1 aromatic carbocycles. The highest BCUT2D eigenvalue weighted by Gasteiger charge is 2.27. The number of morpholine rings is 1. The third kappa shape index (κ3) is 3.72. The molecule has 0 spiro atoms. The van der Waals surface area contributed by atoms with Crippen molar-refractivity contribution in [3.8, 4) is 0 Å². The van der Waals surface area contributed by atoms with Gasteiger partial charge >= 0.3 is 0 Å². The first-order valence-corrected chi connectivity index (χ1v) is 9.34. The lowest BCUT2D eigenvalue weighted by molar-refractivity contribution is 0.122. The van der Waals surface area contributed by atoms with Crippen LogP contribution in [0.15, 0.2) is 36.7 Å². The maximum Gasteiger partial charge on any atom is 0.134 e. The fraction of sp³-hybridized carbons (Fsp3) is 0.474. The molecule has 1 aromatic heterocycles. The van der Waals surface area contributed by atoms with E-state index < -0.39 is 0 Å². The van der Waals surface area contributed by atoms with Crippen LogP contribution in [-0.2, 0) is 11.2 Å². The lowest BCUT2D eigenvalue weighted by Crippen LogP contribution is -2.37. The van der Waals surface area contributed by atoms with Crippen molar-refractivity contribution in [1.82, 2.24) is 9.97 Å². The molecule has 132 valence electrons. The zero-order valence-corrected chi connectivity index (χ0v) is 15.0. The first kappa shape index (κ1) is 16.6. The van der Waals surface area contributed by atoms with Gasteiger partial charge in [-0.15, -0.1) is 0 Å². The molecular formula is C19H23ClN4O. The van der Waals surface area contributed by atoms with Crippen molar-refractivity contribution in [3.05, 3.63) is 47.2 Å². The van der Waals surface area contributed by atoms with Crippen LogP contribution in [0.4, 0.5) is 11.6 Å². The van der Waals surface area contributed by atoms with Gasteiger partial charge < -0.3 is 14.5 Å². The second-order valence-electron chi connectivity index (χ2n) is 6.62. The molecule has 1 unspecified atom stereocenters. The Morgan fingerprint density at radius 2 is 1.88 bits per heavy atom. The number of hydrogen-bond acceptors (Lipinski definition) is 5. The molecule has 2 fully saturated rings. The fourth-order valence-electron chi connectivity index (χ4n) is 3.73. The number of halogens is 1.